The van der Waals surface area contributed by atoms with E-state index >= 15 is 0 Å². The third-order valence-electron chi connectivity index (χ3n) is 13.6. The van der Waals surface area contributed by atoms with Crippen molar-refractivity contribution in [2.75, 3.05) is 0 Å². The average molecular weight is 817 g/mol. The highest BCUT2D eigenvalue weighted by Crippen LogP contribution is 2.39. The summed E-state index contributed by atoms with van der Waals surface area (Å²) >= 11 is 0. The van der Waals surface area contributed by atoms with Crippen molar-refractivity contribution in [1.82, 2.24) is 9.13 Å². The van der Waals surface area contributed by atoms with E-state index in [1.807, 2.05) is 0 Å². The summed E-state index contributed by atoms with van der Waals surface area (Å²) in [6.07, 6.45) is 0. The number of hydrogen-bond acceptors (Lipinski definition) is 0. The minimum Gasteiger partial charge on any atom is -0.309 e. The SMILES string of the molecule is c1ccc(-n2c3ccccc3c3cc(-c4ccc5c(c4)[Si](c4ccccc4)(c4ccccc4)c4cc(-c6ccc7c8ccccc8n(-c8ccccc8)c7c6)ccc4-5)ccc32)cc1. The molecule has 63 heavy (non-hydrogen) atoms. The maximum Gasteiger partial charge on any atom is 0.180 e. The first-order valence-electron chi connectivity index (χ1n) is 21.8. The highest BCUT2D eigenvalue weighted by Gasteiger charge is 2.49. The molecular formula is C60H40N2Si. The zero-order valence-electron chi connectivity index (χ0n) is 34.5. The Morgan fingerprint density at radius 3 is 1.19 bits per heavy atom. The Hall–Kier alpha value is -7.98. The van der Waals surface area contributed by atoms with Crippen LogP contribution in [0.25, 0.3) is 88.4 Å². The minimum absolute atomic E-state index is 1.17. The van der Waals surface area contributed by atoms with Gasteiger partial charge in [0.15, 0.2) is 8.07 Å². The summed E-state index contributed by atoms with van der Waals surface area (Å²) < 4.78 is 4.82. The molecule has 0 N–H and O–H groups in total. The molecule has 3 heteroatoms. The summed E-state index contributed by atoms with van der Waals surface area (Å²) in [5, 5.41) is 10.7. The molecule has 0 unspecified atom stereocenters. The van der Waals surface area contributed by atoms with E-state index in [0.717, 1.165) is 0 Å². The molecule has 2 aromatic heterocycles. The van der Waals surface area contributed by atoms with Gasteiger partial charge in [-0.05, 0) is 109 Å². The normalized spacial score (nSPS) is 12.9. The fraction of sp³-hybridized carbons (Fsp3) is 0. The van der Waals surface area contributed by atoms with Gasteiger partial charge in [-0.15, -0.1) is 0 Å². The largest absolute Gasteiger partial charge is 0.309 e. The third kappa shape index (κ3) is 5.30. The van der Waals surface area contributed by atoms with Gasteiger partial charge in [-0.1, -0.05) is 188 Å². The van der Waals surface area contributed by atoms with Crippen molar-refractivity contribution in [2.24, 2.45) is 0 Å². The lowest BCUT2D eigenvalue weighted by Crippen LogP contribution is -2.72. The standard InChI is InChI=1S/C60H40N2Si/c1-5-17-45(18-6-1)61-56-28-16-14-26-50(56)54-37-41(32-36-57(54)61)43-30-34-52-53-35-31-44(40-60(53)63(59(52)39-43,47-21-9-3-10-22-47)48-23-11-4-12-24-48)42-29-33-51-49-25-13-15-27-55(49)62(58(51)38-42)46-19-7-2-8-20-46/h1-40H. The number of rotatable bonds is 6. The summed E-state index contributed by atoms with van der Waals surface area (Å²) in [4.78, 5) is 0. The molecule has 0 fully saturated rings. The summed E-state index contributed by atoms with van der Waals surface area (Å²) in [7, 11) is -2.84. The number of benzene rings is 10. The molecule has 0 radical (unpaired) electrons. The van der Waals surface area contributed by atoms with Gasteiger partial charge in [0, 0.05) is 32.9 Å². The highest BCUT2D eigenvalue weighted by molar-refractivity contribution is 7.22. The second-order valence-corrected chi connectivity index (χ2v) is 20.6. The summed E-state index contributed by atoms with van der Waals surface area (Å²) in [6.45, 7) is 0. The number of aromatic nitrogens is 2. The van der Waals surface area contributed by atoms with E-state index in [2.05, 4.69) is 252 Å². The van der Waals surface area contributed by atoms with Crippen molar-refractivity contribution in [2.45, 2.75) is 0 Å². The minimum atomic E-state index is -2.84. The molecule has 294 valence electrons. The van der Waals surface area contributed by atoms with Crippen LogP contribution in [0.5, 0.6) is 0 Å². The predicted octanol–water partition coefficient (Wildman–Crippen LogP) is 12.6. The van der Waals surface area contributed by atoms with Crippen LogP contribution in [0.15, 0.2) is 243 Å². The van der Waals surface area contributed by atoms with Crippen LogP contribution in [0.1, 0.15) is 0 Å². The molecule has 0 aliphatic carbocycles. The Morgan fingerprint density at radius 2 is 0.635 bits per heavy atom. The first-order valence-corrected chi connectivity index (χ1v) is 23.8. The molecule has 0 bridgehead atoms. The molecule has 0 saturated heterocycles. The molecule has 0 atom stereocenters. The van der Waals surface area contributed by atoms with E-state index in [0.29, 0.717) is 0 Å². The van der Waals surface area contributed by atoms with E-state index in [1.165, 1.54) is 109 Å². The van der Waals surface area contributed by atoms with Gasteiger partial charge in [0.1, 0.15) is 0 Å². The van der Waals surface area contributed by atoms with Crippen LogP contribution in [-0.4, -0.2) is 17.2 Å². The Balaban J connectivity index is 1.03. The fourth-order valence-electron chi connectivity index (χ4n) is 10.9. The lowest BCUT2D eigenvalue weighted by Gasteiger charge is -2.32. The van der Waals surface area contributed by atoms with Crippen molar-refractivity contribution in [1.29, 1.82) is 0 Å². The third-order valence-corrected chi connectivity index (χ3v) is 18.4. The van der Waals surface area contributed by atoms with Gasteiger partial charge in [-0.3, -0.25) is 0 Å². The first kappa shape index (κ1) is 35.7. The summed E-state index contributed by atoms with van der Waals surface area (Å²) in [5.74, 6) is 0. The van der Waals surface area contributed by atoms with E-state index in [9.17, 15) is 0 Å². The quantitative estimate of drug-likeness (QED) is 0.148. The van der Waals surface area contributed by atoms with Gasteiger partial charge in [0.05, 0.1) is 22.1 Å². The molecule has 10 aromatic carbocycles. The van der Waals surface area contributed by atoms with Crippen LogP contribution in [0, 0.1) is 0 Å². The molecule has 0 saturated carbocycles. The Bertz CT molecular complexity index is 3680. The molecule has 3 heterocycles. The fourth-order valence-corrected chi connectivity index (χ4v) is 16.1. The molecule has 0 spiro atoms. The summed E-state index contributed by atoms with van der Waals surface area (Å²) in [6, 6.07) is 90.5. The Morgan fingerprint density at radius 1 is 0.254 bits per heavy atom. The smallest absolute Gasteiger partial charge is 0.180 e. The zero-order valence-corrected chi connectivity index (χ0v) is 35.5. The van der Waals surface area contributed by atoms with Gasteiger partial charge in [0.25, 0.3) is 0 Å². The van der Waals surface area contributed by atoms with Crippen molar-refractivity contribution in [3.63, 3.8) is 0 Å². The topological polar surface area (TPSA) is 9.86 Å². The van der Waals surface area contributed by atoms with E-state index in [-0.39, 0.29) is 0 Å². The molecule has 1 aliphatic rings. The highest BCUT2D eigenvalue weighted by atomic mass is 28.3. The number of nitrogens with zero attached hydrogens (tertiary/aromatic N) is 2. The van der Waals surface area contributed by atoms with E-state index in [4.69, 9.17) is 0 Å². The second-order valence-electron chi connectivity index (χ2n) is 16.8. The molecule has 2 nitrogen and oxygen atoms in total. The average Bonchev–Trinajstić information content (AvgIpc) is 3.98. The van der Waals surface area contributed by atoms with Crippen molar-refractivity contribution in [3.05, 3.63) is 243 Å². The number of para-hydroxylation sites is 4. The van der Waals surface area contributed by atoms with Crippen LogP contribution in [0.3, 0.4) is 0 Å². The number of hydrogen-bond donors (Lipinski definition) is 0. The molecule has 1 aliphatic heterocycles. The molecular weight excluding hydrogens is 777 g/mol. The first-order chi connectivity index (χ1) is 31.3. The summed E-state index contributed by atoms with van der Waals surface area (Å²) in [5.41, 5.74) is 14.8. The van der Waals surface area contributed by atoms with Gasteiger partial charge in [-0.25, -0.2) is 0 Å². The lowest BCUT2D eigenvalue weighted by atomic mass is 9.97. The van der Waals surface area contributed by atoms with Crippen LogP contribution < -0.4 is 20.7 Å². The second kappa shape index (κ2) is 14.0. The monoisotopic (exact) mass is 816 g/mol. The van der Waals surface area contributed by atoms with Crippen molar-refractivity contribution < 1.29 is 0 Å². The maximum absolute atomic E-state index is 2.84. The van der Waals surface area contributed by atoms with Crippen molar-refractivity contribution >= 4 is 72.4 Å². The maximum atomic E-state index is 2.54. The lowest BCUT2D eigenvalue weighted by molar-refractivity contribution is 1.18. The van der Waals surface area contributed by atoms with Gasteiger partial charge in [0.2, 0.25) is 0 Å². The van der Waals surface area contributed by atoms with Gasteiger partial charge < -0.3 is 9.13 Å². The van der Waals surface area contributed by atoms with Crippen LogP contribution in [0.4, 0.5) is 0 Å². The predicted molar refractivity (Wildman–Crippen MR) is 269 cm³/mol. The Labute approximate surface area is 367 Å². The molecule has 13 rings (SSSR count). The van der Waals surface area contributed by atoms with Gasteiger partial charge >= 0.3 is 0 Å². The van der Waals surface area contributed by atoms with Crippen LogP contribution in [0.2, 0.25) is 0 Å². The Kier molecular flexibility index (Phi) is 7.96. The van der Waals surface area contributed by atoms with Crippen molar-refractivity contribution in [3.8, 4) is 44.8 Å². The molecule has 0 amide bonds. The molecule has 12 aromatic rings. The van der Waals surface area contributed by atoms with E-state index < -0.39 is 8.07 Å². The van der Waals surface area contributed by atoms with E-state index in [1.54, 1.807) is 0 Å². The van der Waals surface area contributed by atoms with Crippen LogP contribution in [-0.2, 0) is 0 Å². The van der Waals surface area contributed by atoms with Gasteiger partial charge in [-0.2, -0.15) is 0 Å². The van der Waals surface area contributed by atoms with Crippen LogP contribution >= 0.6 is 0 Å². The zero-order chi connectivity index (χ0) is 41.5. The number of fused-ring (bicyclic) bond motifs is 9.